The zero-order valence-corrected chi connectivity index (χ0v) is 15.9. The lowest BCUT2D eigenvalue weighted by Gasteiger charge is -2.16. The van der Waals surface area contributed by atoms with Gasteiger partial charge in [0.05, 0.1) is 19.8 Å². The summed E-state index contributed by atoms with van der Waals surface area (Å²) in [5.74, 6) is -1.40. The minimum atomic E-state index is -0.694. The van der Waals surface area contributed by atoms with Crippen LogP contribution >= 0.6 is 0 Å². The number of carbonyl (C=O) groups is 3. The normalized spacial score (nSPS) is 11.5. The van der Waals surface area contributed by atoms with Crippen LogP contribution in [0.3, 0.4) is 0 Å². The first-order chi connectivity index (χ1) is 12.5. The zero-order valence-electron chi connectivity index (χ0n) is 15.9. The van der Waals surface area contributed by atoms with Crippen LogP contribution in [0.1, 0.15) is 72.6 Å². The van der Waals surface area contributed by atoms with Crippen molar-refractivity contribution in [3.05, 3.63) is 35.4 Å². The van der Waals surface area contributed by atoms with Gasteiger partial charge in [0.2, 0.25) is 0 Å². The summed E-state index contributed by atoms with van der Waals surface area (Å²) in [6, 6.07) is 5.50. The number of unbranched alkanes of at least 4 members (excludes halogenated alkanes) is 5. The van der Waals surface area contributed by atoms with Crippen LogP contribution in [0.4, 0.5) is 0 Å². The van der Waals surface area contributed by atoms with Crippen molar-refractivity contribution in [2.24, 2.45) is 0 Å². The van der Waals surface area contributed by atoms with Gasteiger partial charge in [0.1, 0.15) is 6.04 Å². The van der Waals surface area contributed by atoms with E-state index in [1.54, 1.807) is 18.2 Å². The lowest BCUT2D eigenvalue weighted by molar-refractivity contribution is -0.143. The first-order valence-electron chi connectivity index (χ1n) is 9.10. The largest absolute Gasteiger partial charge is 0.467 e. The maximum Gasteiger partial charge on any atom is 0.337 e. The van der Waals surface area contributed by atoms with Crippen LogP contribution in [0.15, 0.2) is 24.3 Å². The molecule has 26 heavy (non-hydrogen) atoms. The number of rotatable bonds is 11. The van der Waals surface area contributed by atoms with Gasteiger partial charge in [-0.25, -0.2) is 9.59 Å². The van der Waals surface area contributed by atoms with Gasteiger partial charge in [-0.3, -0.25) is 4.79 Å². The minimum absolute atomic E-state index is 0.283. The van der Waals surface area contributed by atoms with E-state index in [-0.39, 0.29) is 5.56 Å². The maximum absolute atomic E-state index is 12.4. The third-order valence-electron chi connectivity index (χ3n) is 4.18. The molecule has 0 radical (unpaired) electrons. The van der Waals surface area contributed by atoms with Gasteiger partial charge in [-0.15, -0.1) is 0 Å². The van der Waals surface area contributed by atoms with Crippen LogP contribution in [-0.2, 0) is 14.3 Å². The van der Waals surface area contributed by atoms with Gasteiger partial charge >= 0.3 is 11.9 Å². The number of methoxy groups -OCH3 is 2. The van der Waals surface area contributed by atoms with E-state index in [4.69, 9.17) is 4.74 Å². The van der Waals surface area contributed by atoms with Crippen molar-refractivity contribution in [3.8, 4) is 0 Å². The van der Waals surface area contributed by atoms with Crippen molar-refractivity contribution in [2.75, 3.05) is 14.2 Å². The Bertz CT molecular complexity index is 600. The molecule has 1 rings (SSSR count). The van der Waals surface area contributed by atoms with Gasteiger partial charge in [0, 0.05) is 5.56 Å². The van der Waals surface area contributed by atoms with Crippen LogP contribution in [0.5, 0.6) is 0 Å². The lowest BCUT2D eigenvalue weighted by Crippen LogP contribution is -2.41. The number of esters is 2. The highest BCUT2D eigenvalue weighted by Crippen LogP contribution is 2.11. The second-order valence-electron chi connectivity index (χ2n) is 6.18. The van der Waals surface area contributed by atoms with Gasteiger partial charge in [-0.2, -0.15) is 0 Å². The molecule has 0 heterocycles. The molecular weight excluding hydrogens is 334 g/mol. The van der Waals surface area contributed by atoms with Crippen LogP contribution in [0.2, 0.25) is 0 Å². The van der Waals surface area contributed by atoms with Crippen molar-refractivity contribution in [3.63, 3.8) is 0 Å². The lowest BCUT2D eigenvalue weighted by atomic mass is 10.0. The number of nitrogens with one attached hydrogen (secondary N) is 1. The smallest absolute Gasteiger partial charge is 0.337 e. The molecule has 0 aliphatic rings. The van der Waals surface area contributed by atoms with Crippen molar-refractivity contribution in [2.45, 2.75) is 57.9 Å². The number of ether oxygens (including phenoxy) is 2. The predicted octanol–water partition coefficient (Wildman–Crippen LogP) is 3.50. The summed E-state index contributed by atoms with van der Waals surface area (Å²) in [4.78, 5) is 36.0. The molecule has 1 aromatic carbocycles. The fourth-order valence-electron chi connectivity index (χ4n) is 2.67. The molecule has 1 atom stereocenters. The second-order valence-corrected chi connectivity index (χ2v) is 6.18. The van der Waals surface area contributed by atoms with Crippen LogP contribution in [0.25, 0.3) is 0 Å². The minimum Gasteiger partial charge on any atom is -0.467 e. The van der Waals surface area contributed by atoms with E-state index in [1.807, 2.05) is 0 Å². The van der Waals surface area contributed by atoms with E-state index in [1.165, 1.54) is 39.5 Å². The molecule has 0 saturated carbocycles. The highest BCUT2D eigenvalue weighted by molar-refractivity contribution is 5.99. The molecule has 0 spiro atoms. The molecular formula is C20H29NO5. The molecule has 0 fully saturated rings. The number of amides is 1. The zero-order chi connectivity index (χ0) is 19.4. The molecule has 0 saturated heterocycles. The van der Waals surface area contributed by atoms with Crippen molar-refractivity contribution in [1.29, 1.82) is 0 Å². The monoisotopic (exact) mass is 363 g/mol. The van der Waals surface area contributed by atoms with Gasteiger partial charge in [0.25, 0.3) is 5.91 Å². The molecule has 1 N–H and O–H groups in total. The average Bonchev–Trinajstić information content (AvgIpc) is 2.68. The molecule has 0 aliphatic heterocycles. The Kier molecular flexibility index (Phi) is 10.1. The Labute approximate surface area is 155 Å². The second kappa shape index (κ2) is 12.1. The first kappa shape index (κ1) is 21.7. The number of benzene rings is 1. The van der Waals surface area contributed by atoms with E-state index in [2.05, 4.69) is 17.0 Å². The number of carbonyl (C=O) groups excluding carboxylic acids is 3. The fourth-order valence-corrected chi connectivity index (χ4v) is 2.67. The maximum atomic E-state index is 12.4. The Morgan fingerprint density at radius 2 is 1.62 bits per heavy atom. The Hall–Kier alpha value is -2.37. The topological polar surface area (TPSA) is 81.7 Å². The third kappa shape index (κ3) is 7.25. The summed E-state index contributed by atoms with van der Waals surface area (Å²) in [6.45, 7) is 2.16. The van der Waals surface area contributed by atoms with Crippen LogP contribution in [-0.4, -0.2) is 38.1 Å². The molecule has 1 aromatic rings. The summed E-state index contributed by atoms with van der Waals surface area (Å²) in [7, 11) is 2.59. The summed E-state index contributed by atoms with van der Waals surface area (Å²) < 4.78 is 9.45. The molecule has 0 aromatic heterocycles. The molecule has 0 aliphatic carbocycles. The average molecular weight is 363 g/mol. The summed E-state index contributed by atoms with van der Waals surface area (Å²) >= 11 is 0. The highest BCUT2D eigenvalue weighted by Gasteiger charge is 2.22. The first-order valence-corrected chi connectivity index (χ1v) is 9.10. The summed E-state index contributed by atoms with van der Waals surface area (Å²) in [5, 5.41) is 2.70. The Balaban J connectivity index is 2.65. The van der Waals surface area contributed by atoms with Gasteiger partial charge < -0.3 is 14.8 Å². The standard InChI is InChI=1S/C20H29NO5/c1-4-5-6-7-8-9-13-17(20(24)26-3)21-18(22)15-11-10-12-16(14-15)19(23)25-2/h10-12,14,17H,4-9,13H2,1-3H3,(H,21,22)/t17-/m1/s1. The quantitative estimate of drug-likeness (QED) is 0.481. The Morgan fingerprint density at radius 3 is 2.27 bits per heavy atom. The Morgan fingerprint density at radius 1 is 0.962 bits per heavy atom. The SMILES string of the molecule is CCCCCCCC[C@@H](NC(=O)c1cccc(C(=O)OC)c1)C(=O)OC. The van der Waals surface area contributed by atoms with E-state index >= 15 is 0 Å². The summed E-state index contributed by atoms with van der Waals surface area (Å²) in [5.41, 5.74) is 0.579. The van der Waals surface area contributed by atoms with Crippen molar-refractivity contribution in [1.82, 2.24) is 5.32 Å². The molecule has 0 bridgehead atoms. The molecule has 0 unspecified atom stereocenters. The van der Waals surface area contributed by atoms with E-state index in [9.17, 15) is 14.4 Å². The van der Waals surface area contributed by atoms with Crippen molar-refractivity contribution < 1.29 is 23.9 Å². The predicted molar refractivity (Wildman–Crippen MR) is 99.0 cm³/mol. The van der Waals surface area contributed by atoms with Crippen LogP contribution < -0.4 is 5.32 Å². The van der Waals surface area contributed by atoms with Gasteiger partial charge in [-0.05, 0) is 24.6 Å². The molecule has 1 amide bonds. The summed E-state index contributed by atoms with van der Waals surface area (Å²) in [6.07, 6.45) is 7.09. The van der Waals surface area contributed by atoms with E-state index in [0.29, 0.717) is 12.0 Å². The molecule has 144 valence electrons. The number of hydrogen-bond donors (Lipinski definition) is 1. The van der Waals surface area contributed by atoms with E-state index in [0.717, 1.165) is 19.3 Å². The highest BCUT2D eigenvalue weighted by atomic mass is 16.5. The van der Waals surface area contributed by atoms with Gasteiger partial charge in [-0.1, -0.05) is 51.5 Å². The third-order valence-corrected chi connectivity index (χ3v) is 4.18. The fraction of sp³-hybridized carbons (Fsp3) is 0.550. The van der Waals surface area contributed by atoms with Crippen molar-refractivity contribution >= 4 is 17.8 Å². The molecule has 6 heteroatoms. The number of hydrogen-bond acceptors (Lipinski definition) is 5. The molecule has 6 nitrogen and oxygen atoms in total. The van der Waals surface area contributed by atoms with E-state index < -0.39 is 23.9 Å². The van der Waals surface area contributed by atoms with Crippen LogP contribution in [0, 0.1) is 0 Å². The van der Waals surface area contributed by atoms with Gasteiger partial charge in [0.15, 0.2) is 0 Å².